The second kappa shape index (κ2) is 10.0. The van der Waals surface area contributed by atoms with Gasteiger partial charge in [-0.05, 0) is 48.9 Å². The molecule has 0 aliphatic heterocycles. The van der Waals surface area contributed by atoms with Crippen LogP contribution in [-0.2, 0) is 23.1 Å². The van der Waals surface area contributed by atoms with Crippen molar-refractivity contribution in [1.82, 2.24) is 29.2 Å². The van der Waals surface area contributed by atoms with Crippen molar-refractivity contribution in [3.05, 3.63) is 95.5 Å². The Morgan fingerprint density at radius 3 is 2.24 bits per heavy atom. The molecular weight excluding hydrogens is 450 g/mol. The second-order valence-corrected chi connectivity index (χ2v) is 9.82. The van der Waals surface area contributed by atoms with Crippen molar-refractivity contribution in [3.8, 4) is 11.5 Å². The number of benzene rings is 1. The molecule has 0 fully saturated rings. The number of aromatic nitrogens is 5. The van der Waals surface area contributed by atoms with Crippen LogP contribution in [0.25, 0.3) is 11.5 Å². The Hall–Kier alpha value is -3.76. The Labute approximate surface area is 199 Å². The molecule has 0 aliphatic carbocycles. The quantitative estimate of drug-likeness (QED) is 0.417. The van der Waals surface area contributed by atoms with E-state index in [0.717, 1.165) is 32.6 Å². The van der Waals surface area contributed by atoms with E-state index in [0.29, 0.717) is 30.2 Å². The first kappa shape index (κ1) is 23.4. The summed E-state index contributed by atoms with van der Waals surface area (Å²) in [6.45, 7) is 1.94. The van der Waals surface area contributed by atoms with Crippen LogP contribution < -0.4 is 4.72 Å². The van der Waals surface area contributed by atoms with Crippen molar-refractivity contribution < 1.29 is 8.42 Å². The number of hydrogen-bond donors (Lipinski definition) is 1. The molecule has 0 radical (unpaired) electrons. The number of nitrogens with one attached hydrogen (secondary N) is 1. The standard InChI is InChI=1S/C24H25N7O2S/c1-17-5-4-6-22(27-17)24-26-14-12-21(29-24)16-20-11-13-25-23(28-20)15-18-7-9-19(10-8-18)30-34(32,33)31(2)3/h4-14,30H,15-16H2,1-3H3. The predicted octanol–water partition coefficient (Wildman–Crippen LogP) is 3.04. The van der Waals surface area contributed by atoms with E-state index in [4.69, 9.17) is 0 Å². The highest BCUT2D eigenvalue weighted by Gasteiger charge is 2.13. The number of aryl methyl sites for hydroxylation is 1. The Morgan fingerprint density at radius 1 is 0.824 bits per heavy atom. The summed E-state index contributed by atoms with van der Waals surface area (Å²) in [5, 5.41) is 0. The fraction of sp³-hybridized carbons (Fsp3) is 0.208. The van der Waals surface area contributed by atoms with E-state index >= 15 is 0 Å². The van der Waals surface area contributed by atoms with Crippen LogP contribution in [0, 0.1) is 6.92 Å². The number of pyridine rings is 1. The van der Waals surface area contributed by atoms with Crippen molar-refractivity contribution >= 4 is 15.9 Å². The zero-order chi connectivity index (χ0) is 24.1. The molecule has 0 spiro atoms. The Balaban J connectivity index is 1.45. The van der Waals surface area contributed by atoms with Crippen molar-refractivity contribution in [2.75, 3.05) is 18.8 Å². The topological polar surface area (TPSA) is 114 Å². The normalized spacial score (nSPS) is 11.5. The lowest BCUT2D eigenvalue weighted by atomic mass is 10.1. The molecule has 0 atom stereocenters. The van der Waals surface area contributed by atoms with Gasteiger partial charge in [0.2, 0.25) is 0 Å². The smallest absolute Gasteiger partial charge is 0.271 e. The van der Waals surface area contributed by atoms with E-state index in [1.807, 2.05) is 49.4 Å². The average Bonchev–Trinajstić information content (AvgIpc) is 2.80. The molecule has 10 heteroatoms. The van der Waals surface area contributed by atoms with Crippen molar-refractivity contribution in [2.24, 2.45) is 0 Å². The highest BCUT2D eigenvalue weighted by molar-refractivity contribution is 7.90. The van der Waals surface area contributed by atoms with Crippen LogP contribution in [-0.4, -0.2) is 51.7 Å². The molecule has 0 amide bonds. The van der Waals surface area contributed by atoms with Crippen LogP contribution in [0.5, 0.6) is 0 Å². The molecule has 4 rings (SSSR count). The number of nitrogens with zero attached hydrogens (tertiary/aromatic N) is 6. The van der Waals surface area contributed by atoms with Gasteiger partial charge >= 0.3 is 10.2 Å². The minimum absolute atomic E-state index is 0.495. The molecule has 4 aromatic rings. The third-order valence-corrected chi connectivity index (χ3v) is 6.45. The zero-order valence-corrected chi connectivity index (χ0v) is 20.0. The SMILES string of the molecule is Cc1cccc(-c2nccc(Cc3ccnc(Cc4ccc(NS(=O)(=O)N(C)C)cc4)n3)n2)n1. The molecule has 174 valence electrons. The fourth-order valence-electron chi connectivity index (χ4n) is 3.21. The fourth-order valence-corrected chi connectivity index (χ4v) is 3.83. The summed E-state index contributed by atoms with van der Waals surface area (Å²) in [6, 6.07) is 16.7. The van der Waals surface area contributed by atoms with Crippen LogP contribution in [0.3, 0.4) is 0 Å². The Bertz CT molecular complexity index is 1390. The van der Waals surface area contributed by atoms with E-state index in [2.05, 4.69) is 29.6 Å². The second-order valence-electron chi connectivity index (χ2n) is 7.94. The lowest BCUT2D eigenvalue weighted by Gasteiger charge is -2.13. The maximum Gasteiger partial charge on any atom is 0.301 e. The first-order valence-electron chi connectivity index (χ1n) is 10.6. The van der Waals surface area contributed by atoms with Crippen LogP contribution in [0.1, 0.15) is 28.5 Å². The van der Waals surface area contributed by atoms with Crippen molar-refractivity contribution in [3.63, 3.8) is 0 Å². The van der Waals surface area contributed by atoms with Crippen LogP contribution in [0.15, 0.2) is 67.0 Å². The third kappa shape index (κ3) is 5.97. The molecule has 1 aromatic carbocycles. The molecule has 3 aromatic heterocycles. The van der Waals surface area contributed by atoms with Gasteiger partial charge in [-0.25, -0.2) is 24.9 Å². The van der Waals surface area contributed by atoms with Gasteiger partial charge in [0.05, 0.1) is 11.4 Å². The summed E-state index contributed by atoms with van der Waals surface area (Å²) in [5.41, 5.74) is 4.81. The number of rotatable bonds is 8. The summed E-state index contributed by atoms with van der Waals surface area (Å²) >= 11 is 0. The van der Waals surface area contributed by atoms with E-state index < -0.39 is 10.2 Å². The van der Waals surface area contributed by atoms with E-state index in [-0.39, 0.29) is 0 Å². The van der Waals surface area contributed by atoms with Gasteiger partial charge in [0.15, 0.2) is 5.82 Å². The Morgan fingerprint density at radius 2 is 1.53 bits per heavy atom. The van der Waals surface area contributed by atoms with Crippen LogP contribution in [0.4, 0.5) is 5.69 Å². The Kier molecular flexibility index (Phi) is 6.90. The van der Waals surface area contributed by atoms with E-state index in [1.165, 1.54) is 14.1 Å². The van der Waals surface area contributed by atoms with Gasteiger partial charge in [0, 0.05) is 50.7 Å². The first-order chi connectivity index (χ1) is 16.3. The summed E-state index contributed by atoms with van der Waals surface area (Å²) in [7, 11) is -0.587. The summed E-state index contributed by atoms with van der Waals surface area (Å²) < 4.78 is 27.6. The predicted molar refractivity (Wildman–Crippen MR) is 130 cm³/mol. The maximum atomic E-state index is 12.0. The highest BCUT2D eigenvalue weighted by Crippen LogP contribution is 2.16. The first-order valence-corrected chi connectivity index (χ1v) is 12.1. The van der Waals surface area contributed by atoms with Gasteiger partial charge in [-0.1, -0.05) is 18.2 Å². The van der Waals surface area contributed by atoms with Crippen molar-refractivity contribution in [2.45, 2.75) is 19.8 Å². The molecule has 9 nitrogen and oxygen atoms in total. The molecular formula is C24H25N7O2S. The number of hydrogen-bond acceptors (Lipinski definition) is 7. The molecule has 3 heterocycles. The van der Waals surface area contributed by atoms with Gasteiger partial charge in [-0.3, -0.25) is 4.72 Å². The summed E-state index contributed by atoms with van der Waals surface area (Å²) in [4.78, 5) is 22.6. The molecule has 0 unspecified atom stereocenters. The van der Waals surface area contributed by atoms with E-state index in [1.54, 1.807) is 24.5 Å². The van der Waals surface area contributed by atoms with Gasteiger partial charge in [0.25, 0.3) is 0 Å². The summed E-state index contributed by atoms with van der Waals surface area (Å²) in [5.74, 6) is 1.26. The van der Waals surface area contributed by atoms with Gasteiger partial charge in [-0.2, -0.15) is 12.7 Å². The largest absolute Gasteiger partial charge is 0.301 e. The van der Waals surface area contributed by atoms with Gasteiger partial charge in [0.1, 0.15) is 11.5 Å². The molecule has 1 N–H and O–H groups in total. The molecule has 0 saturated heterocycles. The average molecular weight is 476 g/mol. The molecule has 0 saturated carbocycles. The highest BCUT2D eigenvalue weighted by atomic mass is 32.2. The van der Waals surface area contributed by atoms with Crippen molar-refractivity contribution in [1.29, 1.82) is 0 Å². The maximum absolute atomic E-state index is 12.0. The third-order valence-electron chi connectivity index (χ3n) is 5.00. The lowest BCUT2D eigenvalue weighted by molar-refractivity contribution is 0.527. The number of anilines is 1. The van der Waals surface area contributed by atoms with Gasteiger partial charge in [-0.15, -0.1) is 0 Å². The molecule has 0 aliphatic rings. The monoisotopic (exact) mass is 475 g/mol. The van der Waals surface area contributed by atoms with Gasteiger partial charge < -0.3 is 0 Å². The minimum Gasteiger partial charge on any atom is -0.271 e. The van der Waals surface area contributed by atoms with Crippen LogP contribution >= 0.6 is 0 Å². The summed E-state index contributed by atoms with van der Waals surface area (Å²) in [6.07, 6.45) is 4.54. The molecule has 34 heavy (non-hydrogen) atoms. The zero-order valence-electron chi connectivity index (χ0n) is 19.2. The van der Waals surface area contributed by atoms with E-state index in [9.17, 15) is 8.42 Å². The van der Waals surface area contributed by atoms with Crippen LogP contribution in [0.2, 0.25) is 0 Å². The lowest BCUT2D eigenvalue weighted by Crippen LogP contribution is -2.28. The minimum atomic E-state index is -3.54. The molecule has 0 bridgehead atoms.